The van der Waals surface area contributed by atoms with Crippen LogP contribution in [0.15, 0.2) is 67.0 Å². The number of rotatable bonds is 5. The first-order valence-electron chi connectivity index (χ1n) is 9.41. The molecule has 1 N–H and O–H groups in total. The first-order chi connectivity index (χ1) is 14.2. The highest BCUT2D eigenvalue weighted by molar-refractivity contribution is 6.08. The fourth-order valence-corrected chi connectivity index (χ4v) is 3.41. The first-order valence-corrected chi connectivity index (χ1v) is 9.41. The smallest absolute Gasteiger partial charge is 0.259 e. The summed E-state index contributed by atoms with van der Waals surface area (Å²) in [6, 6.07) is 16.9. The van der Waals surface area contributed by atoms with E-state index in [4.69, 9.17) is 4.74 Å². The van der Waals surface area contributed by atoms with Crippen LogP contribution in [0.5, 0.6) is 5.75 Å². The summed E-state index contributed by atoms with van der Waals surface area (Å²) in [4.78, 5) is 31.3. The Labute approximate surface area is 169 Å². The van der Waals surface area contributed by atoms with Crippen molar-refractivity contribution in [1.29, 1.82) is 0 Å². The summed E-state index contributed by atoms with van der Waals surface area (Å²) in [5.41, 5.74) is 3.79. The van der Waals surface area contributed by atoms with E-state index in [1.165, 1.54) is 12.4 Å². The van der Waals surface area contributed by atoms with Gasteiger partial charge in [0.15, 0.2) is 0 Å². The molecule has 1 aliphatic heterocycles. The van der Waals surface area contributed by atoms with Gasteiger partial charge in [-0.25, -0.2) is 0 Å². The van der Waals surface area contributed by atoms with Crippen LogP contribution in [0.2, 0.25) is 0 Å². The second-order valence-corrected chi connectivity index (χ2v) is 6.83. The molecule has 0 radical (unpaired) electrons. The van der Waals surface area contributed by atoms with Crippen LogP contribution in [0, 0.1) is 0 Å². The predicted molar refractivity (Wildman–Crippen MR) is 110 cm³/mol. The molecule has 1 aliphatic rings. The summed E-state index contributed by atoms with van der Waals surface area (Å²) < 4.78 is 5.13. The van der Waals surface area contributed by atoms with Gasteiger partial charge in [-0.2, -0.15) is 0 Å². The summed E-state index contributed by atoms with van der Waals surface area (Å²) in [7, 11) is 1.61. The van der Waals surface area contributed by atoms with Crippen LogP contribution >= 0.6 is 0 Å². The number of benzene rings is 2. The second-order valence-electron chi connectivity index (χ2n) is 6.83. The van der Waals surface area contributed by atoms with Gasteiger partial charge in [0.1, 0.15) is 5.75 Å². The third kappa shape index (κ3) is 3.96. The van der Waals surface area contributed by atoms with Gasteiger partial charge in [0.25, 0.3) is 11.8 Å². The normalized spacial score (nSPS) is 12.4. The third-order valence-electron chi connectivity index (χ3n) is 4.99. The van der Waals surface area contributed by atoms with Crippen LogP contribution < -0.4 is 15.0 Å². The first kappa shape index (κ1) is 18.7. The maximum Gasteiger partial charge on any atom is 0.259 e. The van der Waals surface area contributed by atoms with E-state index in [0.29, 0.717) is 24.2 Å². The third-order valence-corrected chi connectivity index (χ3v) is 4.99. The molecular formula is C23H21N3O3. The summed E-state index contributed by atoms with van der Waals surface area (Å²) in [6.07, 6.45) is 3.80. The van der Waals surface area contributed by atoms with Gasteiger partial charge < -0.3 is 15.0 Å². The zero-order chi connectivity index (χ0) is 20.2. The molecule has 4 rings (SSSR count). The number of fused-ring (bicyclic) bond motifs is 1. The molecule has 1 aromatic heterocycles. The Morgan fingerprint density at radius 2 is 1.83 bits per heavy atom. The molecule has 0 unspecified atom stereocenters. The molecular weight excluding hydrogens is 366 g/mol. The number of amides is 2. The standard InChI is InChI=1S/C23H21N3O3/c1-29-20-8-6-16(7-9-20)13-25-22(27)18-12-19(15-24-14-18)23(28)26-11-10-17-4-2-3-5-21(17)26/h2-9,12,14-15H,10-11,13H2,1H3,(H,25,27). The highest BCUT2D eigenvalue weighted by Crippen LogP contribution is 2.28. The van der Waals surface area contributed by atoms with E-state index in [-0.39, 0.29) is 11.8 Å². The Hall–Kier alpha value is -3.67. The number of para-hydroxylation sites is 1. The van der Waals surface area contributed by atoms with Gasteiger partial charge in [0.2, 0.25) is 0 Å². The van der Waals surface area contributed by atoms with Crippen LogP contribution in [0.25, 0.3) is 0 Å². The maximum atomic E-state index is 13.0. The Kier molecular flexibility index (Phi) is 5.24. The Morgan fingerprint density at radius 1 is 1.07 bits per heavy atom. The van der Waals surface area contributed by atoms with Gasteiger partial charge in [-0.15, -0.1) is 0 Å². The number of nitrogens with one attached hydrogen (secondary N) is 1. The lowest BCUT2D eigenvalue weighted by Crippen LogP contribution is -2.29. The molecule has 0 saturated carbocycles. The predicted octanol–water partition coefficient (Wildman–Crippen LogP) is 3.22. The molecule has 0 atom stereocenters. The molecule has 3 aromatic rings. The van der Waals surface area contributed by atoms with Crippen LogP contribution in [0.1, 0.15) is 31.8 Å². The van der Waals surface area contributed by atoms with Gasteiger partial charge in [0, 0.05) is 31.2 Å². The van der Waals surface area contributed by atoms with Crippen LogP contribution in [-0.2, 0) is 13.0 Å². The second kappa shape index (κ2) is 8.14. The van der Waals surface area contributed by atoms with E-state index in [1.807, 2.05) is 48.5 Å². The largest absolute Gasteiger partial charge is 0.497 e. The number of hydrogen-bond donors (Lipinski definition) is 1. The molecule has 146 valence electrons. The number of carbonyl (C=O) groups excluding carboxylic acids is 2. The minimum Gasteiger partial charge on any atom is -0.497 e. The Bertz CT molecular complexity index is 1050. The highest BCUT2D eigenvalue weighted by Gasteiger charge is 2.25. The van der Waals surface area contributed by atoms with E-state index in [2.05, 4.69) is 10.3 Å². The molecule has 2 amide bonds. The number of methoxy groups -OCH3 is 1. The van der Waals surface area contributed by atoms with E-state index in [9.17, 15) is 9.59 Å². The van der Waals surface area contributed by atoms with Crippen molar-refractivity contribution < 1.29 is 14.3 Å². The van der Waals surface area contributed by atoms with Crippen molar-refractivity contribution in [3.63, 3.8) is 0 Å². The number of hydrogen-bond acceptors (Lipinski definition) is 4. The van der Waals surface area contributed by atoms with Crippen molar-refractivity contribution in [2.75, 3.05) is 18.6 Å². The van der Waals surface area contributed by atoms with Gasteiger partial charge in [0.05, 0.1) is 18.2 Å². The lowest BCUT2D eigenvalue weighted by Gasteiger charge is -2.17. The fraction of sp³-hybridized carbons (Fsp3) is 0.174. The molecule has 0 saturated heterocycles. The zero-order valence-corrected chi connectivity index (χ0v) is 16.1. The van der Waals surface area contributed by atoms with Crippen molar-refractivity contribution in [2.45, 2.75) is 13.0 Å². The number of anilines is 1. The van der Waals surface area contributed by atoms with Gasteiger partial charge in [-0.1, -0.05) is 30.3 Å². The zero-order valence-electron chi connectivity index (χ0n) is 16.1. The molecule has 0 spiro atoms. The lowest BCUT2D eigenvalue weighted by molar-refractivity contribution is 0.0950. The summed E-state index contributed by atoms with van der Waals surface area (Å²) in [5, 5.41) is 2.86. The molecule has 2 heterocycles. The summed E-state index contributed by atoms with van der Waals surface area (Å²) in [5.74, 6) is 0.344. The van der Waals surface area contributed by atoms with Gasteiger partial charge in [-0.05, 0) is 41.8 Å². The van der Waals surface area contributed by atoms with Gasteiger partial charge in [-0.3, -0.25) is 14.6 Å². The maximum absolute atomic E-state index is 13.0. The SMILES string of the molecule is COc1ccc(CNC(=O)c2cncc(C(=O)N3CCc4ccccc43)c2)cc1. The van der Waals surface area contributed by atoms with E-state index >= 15 is 0 Å². The van der Waals surface area contributed by atoms with Crippen LogP contribution in [-0.4, -0.2) is 30.5 Å². The van der Waals surface area contributed by atoms with Crippen LogP contribution in [0.3, 0.4) is 0 Å². The molecule has 29 heavy (non-hydrogen) atoms. The van der Waals surface area contributed by atoms with Crippen molar-refractivity contribution in [2.24, 2.45) is 0 Å². The quantitative estimate of drug-likeness (QED) is 0.730. The van der Waals surface area contributed by atoms with Crippen molar-refractivity contribution in [3.8, 4) is 5.75 Å². The number of pyridine rings is 1. The summed E-state index contributed by atoms with van der Waals surface area (Å²) in [6.45, 7) is 1.01. The fourth-order valence-electron chi connectivity index (χ4n) is 3.41. The van der Waals surface area contributed by atoms with Crippen molar-refractivity contribution in [1.82, 2.24) is 10.3 Å². The minimum atomic E-state index is -0.273. The highest BCUT2D eigenvalue weighted by atomic mass is 16.5. The number of nitrogens with zero attached hydrogens (tertiary/aromatic N) is 2. The van der Waals surface area contributed by atoms with E-state index < -0.39 is 0 Å². The van der Waals surface area contributed by atoms with Gasteiger partial charge >= 0.3 is 0 Å². The minimum absolute atomic E-state index is 0.146. The monoisotopic (exact) mass is 387 g/mol. The molecule has 0 aliphatic carbocycles. The summed E-state index contributed by atoms with van der Waals surface area (Å²) >= 11 is 0. The van der Waals surface area contributed by atoms with Crippen molar-refractivity contribution >= 4 is 17.5 Å². The number of carbonyl (C=O) groups is 2. The Balaban J connectivity index is 1.45. The molecule has 0 bridgehead atoms. The molecule has 0 fully saturated rings. The Morgan fingerprint density at radius 3 is 2.62 bits per heavy atom. The van der Waals surface area contributed by atoms with E-state index in [0.717, 1.165) is 29.0 Å². The number of aromatic nitrogens is 1. The topological polar surface area (TPSA) is 71.5 Å². The number of ether oxygens (including phenoxy) is 1. The molecule has 2 aromatic carbocycles. The lowest BCUT2D eigenvalue weighted by atomic mass is 10.1. The van der Waals surface area contributed by atoms with Crippen LogP contribution in [0.4, 0.5) is 5.69 Å². The molecule has 6 nitrogen and oxygen atoms in total. The average molecular weight is 387 g/mol. The average Bonchev–Trinajstić information content (AvgIpc) is 3.21. The van der Waals surface area contributed by atoms with Crippen molar-refractivity contribution in [3.05, 3.63) is 89.2 Å². The molecule has 6 heteroatoms. The van der Waals surface area contributed by atoms with E-state index in [1.54, 1.807) is 18.1 Å².